The molecule has 0 spiro atoms. The molecule has 1 aromatic rings. The van der Waals surface area contributed by atoms with E-state index >= 15 is 0 Å². The van der Waals surface area contributed by atoms with E-state index in [2.05, 4.69) is 13.7 Å². The molecule has 0 N–H and O–H groups in total. The molecule has 2 rings (SSSR count). The zero-order valence-electron chi connectivity index (χ0n) is 8.37. The Morgan fingerprint density at radius 3 is 2.76 bits per heavy atom. The van der Waals surface area contributed by atoms with E-state index in [1.807, 2.05) is 0 Å². The van der Waals surface area contributed by atoms with Crippen molar-refractivity contribution >= 4 is 17.3 Å². The maximum atomic E-state index is 12.5. The number of alkyl halides is 3. The van der Waals surface area contributed by atoms with Gasteiger partial charge < -0.3 is 0 Å². The summed E-state index contributed by atoms with van der Waals surface area (Å²) in [6.45, 7) is -0.484. The maximum Gasteiger partial charge on any atom is 0.460 e. The third-order valence-corrected chi connectivity index (χ3v) is 2.86. The van der Waals surface area contributed by atoms with E-state index in [9.17, 15) is 17.7 Å². The highest BCUT2D eigenvalue weighted by Gasteiger charge is 2.39. The fourth-order valence-electron chi connectivity index (χ4n) is 1.56. The van der Waals surface area contributed by atoms with Crippen molar-refractivity contribution in [3.8, 4) is 5.88 Å². The first-order valence-electron chi connectivity index (χ1n) is 4.64. The van der Waals surface area contributed by atoms with Gasteiger partial charge in [0, 0.05) is 17.6 Å². The molecule has 0 aliphatic carbocycles. The lowest BCUT2D eigenvalue weighted by Gasteiger charge is -2.28. The Morgan fingerprint density at radius 2 is 2.12 bits per heavy atom. The van der Waals surface area contributed by atoms with E-state index in [0.717, 1.165) is 0 Å². The van der Waals surface area contributed by atoms with Crippen molar-refractivity contribution in [2.75, 3.05) is 13.1 Å². The number of hydrogen-bond donors (Lipinski definition) is 0. The topological polar surface area (TPSA) is 38.3 Å². The van der Waals surface area contributed by atoms with Crippen LogP contribution in [0.25, 0.3) is 5.57 Å². The molecule has 0 amide bonds. The molecule has 1 aliphatic rings. The molecule has 9 heteroatoms. The molecule has 1 aliphatic heterocycles. The summed E-state index contributed by atoms with van der Waals surface area (Å²) in [7, 11) is 0. The van der Waals surface area contributed by atoms with Crippen molar-refractivity contribution < 1.29 is 22.6 Å². The lowest BCUT2D eigenvalue weighted by molar-refractivity contribution is -0.241. The van der Waals surface area contributed by atoms with Crippen LogP contribution in [-0.4, -0.2) is 33.0 Å². The van der Waals surface area contributed by atoms with Crippen LogP contribution in [0.2, 0.25) is 0 Å². The SMILES string of the molecule is FOc1nsnc1C1=CCCN(C(F)(F)F)C1. The van der Waals surface area contributed by atoms with Gasteiger partial charge >= 0.3 is 12.2 Å². The molecule has 0 fully saturated rings. The second-order valence-electron chi connectivity index (χ2n) is 3.40. The minimum atomic E-state index is -4.40. The standard InChI is InChI=1S/C8H7F4N3OS/c9-8(10,11)15-3-1-2-5(4-15)6-7(16-12)14-17-13-6/h2H,1,3-4H2. The zero-order chi connectivity index (χ0) is 12.5. The largest absolute Gasteiger partial charge is 0.460 e. The van der Waals surface area contributed by atoms with Crippen LogP contribution in [0.1, 0.15) is 12.1 Å². The molecule has 0 saturated carbocycles. The highest BCUT2D eigenvalue weighted by molar-refractivity contribution is 6.99. The van der Waals surface area contributed by atoms with Gasteiger partial charge in [0.2, 0.25) is 0 Å². The second kappa shape index (κ2) is 4.57. The molecular formula is C8H7F4N3OS. The van der Waals surface area contributed by atoms with Crippen LogP contribution in [0.4, 0.5) is 17.7 Å². The Kier molecular flexibility index (Phi) is 3.29. The molecule has 4 nitrogen and oxygen atoms in total. The van der Waals surface area contributed by atoms with Crippen molar-refractivity contribution in [1.82, 2.24) is 13.6 Å². The van der Waals surface area contributed by atoms with Crippen LogP contribution in [0.15, 0.2) is 6.08 Å². The predicted octanol–water partition coefficient (Wildman–Crippen LogP) is 2.41. The molecule has 0 unspecified atom stereocenters. The van der Waals surface area contributed by atoms with Crippen molar-refractivity contribution in [1.29, 1.82) is 0 Å². The molecule has 0 aromatic carbocycles. The molecule has 1 aromatic heterocycles. The highest BCUT2D eigenvalue weighted by Crippen LogP contribution is 2.31. The quantitative estimate of drug-likeness (QED) is 0.610. The van der Waals surface area contributed by atoms with Crippen molar-refractivity contribution in [3.05, 3.63) is 11.8 Å². The Balaban J connectivity index is 2.21. The fraction of sp³-hybridized carbons (Fsp3) is 0.500. The number of aromatic nitrogens is 2. The monoisotopic (exact) mass is 269 g/mol. The Morgan fingerprint density at radius 1 is 1.35 bits per heavy atom. The zero-order valence-corrected chi connectivity index (χ0v) is 9.19. The van der Waals surface area contributed by atoms with Crippen LogP contribution in [0.3, 0.4) is 0 Å². The average molecular weight is 269 g/mol. The lowest BCUT2D eigenvalue weighted by atomic mass is 10.1. The van der Waals surface area contributed by atoms with Gasteiger partial charge in [0.05, 0.1) is 11.7 Å². The third kappa shape index (κ3) is 2.55. The molecule has 94 valence electrons. The maximum absolute atomic E-state index is 12.5. The second-order valence-corrected chi connectivity index (χ2v) is 3.93. The lowest BCUT2D eigenvalue weighted by Crippen LogP contribution is -2.41. The summed E-state index contributed by atoms with van der Waals surface area (Å²) < 4.78 is 56.8. The first kappa shape index (κ1) is 12.2. The third-order valence-electron chi connectivity index (χ3n) is 2.35. The fourth-order valence-corrected chi connectivity index (χ4v) is 2.07. The van der Waals surface area contributed by atoms with Crippen LogP contribution in [0, 0.1) is 0 Å². The van der Waals surface area contributed by atoms with Gasteiger partial charge in [0.1, 0.15) is 5.69 Å². The number of nitrogens with zero attached hydrogens (tertiary/aromatic N) is 3. The summed E-state index contributed by atoms with van der Waals surface area (Å²) in [6, 6.07) is 0. The minimum Gasteiger partial charge on any atom is -0.270 e. The van der Waals surface area contributed by atoms with Gasteiger partial charge in [-0.25, -0.2) is 4.90 Å². The first-order valence-corrected chi connectivity index (χ1v) is 5.37. The van der Waals surface area contributed by atoms with E-state index < -0.39 is 6.30 Å². The van der Waals surface area contributed by atoms with Gasteiger partial charge in [-0.05, 0) is 12.0 Å². The summed E-state index contributed by atoms with van der Waals surface area (Å²) in [5, 5.41) is 0. The molecule has 0 radical (unpaired) electrons. The molecule has 2 heterocycles. The highest BCUT2D eigenvalue weighted by atomic mass is 32.1. The van der Waals surface area contributed by atoms with Gasteiger partial charge in [-0.1, -0.05) is 6.08 Å². The first-order chi connectivity index (χ1) is 8.02. The van der Waals surface area contributed by atoms with Crippen LogP contribution in [0.5, 0.6) is 5.88 Å². The van der Waals surface area contributed by atoms with Gasteiger partial charge in [-0.15, -0.1) is 4.37 Å². The summed E-state index contributed by atoms with van der Waals surface area (Å²) in [4.78, 5) is 3.79. The summed E-state index contributed by atoms with van der Waals surface area (Å²) in [5.41, 5.74) is 0.307. The molecule has 17 heavy (non-hydrogen) atoms. The van der Waals surface area contributed by atoms with Gasteiger partial charge in [-0.2, -0.15) is 17.5 Å². The average Bonchev–Trinajstić information content (AvgIpc) is 2.76. The van der Waals surface area contributed by atoms with Crippen molar-refractivity contribution in [2.24, 2.45) is 0 Å². The van der Waals surface area contributed by atoms with Gasteiger partial charge in [0.25, 0.3) is 0 Å². The van der Waals surface area contributed by atoms with Crippen molar-refractivity contribution in [3.63, 3.8) is 0 Å². The van der Waals surface area contributed by atoms with Gasteiger partial charge in [-0.3, -0.25) is 4.94 Å². The van der Waals surface area contributed by atoms with Crippen molar-refractivity contribution in [2.45, 2.75) is 12.7 Å². The van der Waals surface area contributed by atoms with Crippen LogP contribution in [-0.2, 0) is 0 Å². The molecule has 0 bridgehead atoms. The predicted molar refractivity (Wildman–Crippen MR) is 51.9 cm³/mol. The number of rotatable bonds is 2. The normalized spacial score (nSPS) is 18.0. The van der Waals surface area contributed by atoms with Crippen LogP contribution >= 0.6 is 11.7 Å². The number of hydrogen-bond acceptors (Lipinski definition) is 5. The van der Waals surface area contributed by atoms with E-state index in [0.29, 0.717) is 16.6 Å². The Hall–Kier alpha value is -1.22. The van der Waals surface area contributed by atoms with E-state index in [1.165, 1.54) is 0 Å². The molecule has 0 saturated heterocycles. The molecule has 0 atom stereocenters. The van der Waals surface area contributed by atoms with Gasteiger partial charge in [0.15, 0.2) is 0 Å². The van der Waals surface area contributed by atoms with E-state index in [4.69, 9.17) is 0 Å². The minimum absolute atomic E-state index is 0.0338. The summed E-state index contributed by atoms with van der Waals surface area (Å²) >= 11 is 0.688. The van der Waals surface area contributed by atoms with E-state index in [1.54, 1.807) is 6.08 Å². The smallest absolute Gasteiger partial charge is 0.270 e. The molecular weight excluding hydrogens is 262 g/mol. The number of halogens is 4. The Bertz CT molecular complexity index is 431. The summed E-state index contributed by atoms with van der Waals surface area (Å²) in [5.74, 6) is -0.384. The van der Waals surface area contributed by atoms with E-state index in [-0.39, 0.29) is 36.7 Å². The van der Waals surface area contributed by atoms with Crippen LogP contribution < -0.4 is 4.94 Å². The summed E-state index contributed by atoms with van der Waals surface area (Å²) in [6.07, 6.45) is -2.60. The Labute approximate surface area is 97.7 Å².